The van der Waals surface area contributed by atoms with Gasteiger partial charge in [0.25, 0.3) is 0 Å². The van der Waals surface area contributed by atoms with Gasteiger partial charge in [0.2, 0.25) is 5.91 Å². The minimum absolute atomic E-state index is 0.170. The molecule has 0 spiro atoms. The number of aromatic nitrogens is 1. The third kappa shape index (κ3) is 3.77. The third-order valence-electron chi connectivity index (χ3n) is 4.80. The summed E-state index contributed by atoms with van der Waals surface area (Å²) in [6.45, 7) is 6.16. The number of aryl methyl sites for hydroxylation is 1. The van der Waals surface area contributed by atoms with Crippen LogP contribution in [0.3, 0.4) is 0 Å². The first-order valence-corrected chi connectivity index (χ1v) is 8.41. The predicted molar refractivity (Wildman–Crippen MR) is 88.0 cm³/mol. The second-order valence-electron chi connectivity index (χ2n) is 6.35. The van der Waals surface area contributed by atoms with Gasteiger partial charge in [-0.1, -0.05) is 6.07 Å². The first-order chi connectivity index (χ1) is 10.7. The largest absolute Gasteiger partial charge is 0.353 e. The summed E-state index contributed by atoms with van der Waals surface area (Å²) < 4.78 is 0. The van der Waals surface area contributed by atoms with Crippen LogP contribution in [0.5, 0.6) is 0 Å². The third-order valence-corrected chi connectivity index (χ3v) is 4.80. The molecule has 1 atom stereocenters. The number of piperazine rings is 1. The SMILES string of the molecule is CC(=O)N1CCN(c2ccc(CC[C@@H]3CCCN3)cn2)CC1. The van der Waals surface area contributed by atoms with Gasteiger partial charge in [-0.25, -0.2) is 4.98 Å². The van der Waals surface area contributed by atoms with Crippen molar-refractivity contribution in [2.45, 2.75) is 38.6 Å². The molecule has 0 aliphatic carbocycles. The Labute approximate surface area is 132 Å². The molecular weight excluding hydrogens is 276 g/mol. The first-order valence-electron chi connectivity index (χ1n) is 8.41. The van der Waals surface area contributed by atoms with E-state index in [0.29, 0.717) is 6.04 Å². The Morgan fingerprint density at radius 2 is 2.14 bits per heavy atom. The van der Waals surface area contributed by atoms with Gasteiger partial charge in [-0.15, -0.1) is 0 Å². The summed E-state index contributed by atoms with van der Waals surface area (Å²) in [7, 11) is 0. The van der Waals surface area contributed by atoms with Crippen molar-refractivity contribution >= 4 is 11.7 Å². The molecule has 0 aromatic carbocycles. The Balaban J connectivity index is 1.50. The molecule has 5 heteroatoms. The maximum absolute atomic E-state index is 11.4. The lowest BCUT2D eigenvalue weighted by Gasteiger charge is -2.34. The fourth-order valence-electron chi connectivity index (χ4n) is 3.35. The molecule has 2 saturated heterocycles. The van der Waals surface area contributed by atoms with E-state index >= 15 is 0 Å². The van der Waals surface area contributed by atoms with E-state index in [-0.39, 0.29) is 5.91 Å². The van der Waals surface area contributed by atoms with E-state index < -0.39 is 0 Å². The van der Waals surface area contributed by atoms with Gasteiger partial charge >= 0.3 is 0 Å². The molecule has 3 rings (SSSR count). The van der Waals surface area contributed by atoms with E-state index in [4.69, 9.17) is 0 Å². The molecule has 0 saturated carbocycles. The molecule has 22 heavy (non-hydrogen) atoms. The lowest BCUT2D eigenvalue weighted by Crippen LogP contribution is -2.48. The molecule has 1 N–H and O–H groups in total. The van der Waals surface area contributed by atoms with Gasteiger partial charge in [-0.05, 0) is 43.9 Å². The maximum Gasteiger partial charge on any atom is 0.219 e. The zero-order valence-corrected chi connectivity index (χ0v) is 13.4. The average molecular weight is 302 g/mol. The Hall–Kier alpha value is -1.62. The molecule has 1 amide bonds. The molecule has 5 nitrogen and oxygen atoms in total. The minimum Gasteiger partial charge on any atom is -0.353 e. The van der Waals surface area contributed by atoms with Crippen LogP contribution in [0.2, 0.25) is 0 Å². The van der Waals surface area contributed by atoms with Crippen molar-refractivity contribution in [3.63, 3.8) is 0 Å². The number of nitrogens with zero attached hydrogens (tertiary/aromatic N) is 3. The summed E-state index contributed by atoms with van der Waals surface area (Å²) in [4.78, 5) is 20.1. The summed E-state index contributed by atoms with van der Waals surface area (Å²) >= 11 is 0. The standard InChI is InChI=1S/C17H26N4O/c1-14(22)20-9-11-21(12-10-20)17-7-5-15(13-19-17)4-6-16-3-2-8-18-16/h5,7,13,16,18H,2-4,6,8-12H2,1H3/t16-/m0/s1. The van der Waals surface area contributed by atoms with Crippen LogP contribution in [0.25, 0.3) is 0 Å². The lowest BCUT2D eigenvalue weighted by atomic mass is 10.1. The summed E-state index contributed by atoms with van der Waals surface area (Å²) in [6, 6.07) is 5.02. The van der Waals surface area contributed by atoms with Crippen LogP contribution in [0.4, 0.5) is 5.82 Å². The van der Waals surface area contributed by atoms with Gasteiger partial charge in [-0.3, -0.25) is 4.79 Å². The van der Waals surface area contributed by atoms with Crippen LogP contribution in [-0.2, 0) is 11.2 Å². The molecule has 0 unspecified atom stereocenters. The van der Waals surface area contributed by atoms with Gasteiger partial charge in [-0.2, -0.15) is 0 Å². The van der Waals surface area contributed by atoms with E-state index in [0.717, 1.165) is 38.4 Å². The molecule has 2 aliphatic rings. The van der Waals surface area contributed by atoms with Crippen LogP contribution in [0, 0.1) is 0 Å². The van der Waals surface area contributed by atoms with Crippen LogP contribution in [0.1, 0.15) is 31.7 Å². The maximum atomic E-state index is 11.4. The molecule has 1 aromatic rings. The molecule has 2 fully saturated rings. The smallest absolute Gasteiger partial charge is 0.219 e. The topological polar surface area (TPSA) is 48.5 Å². The number of carbonyl (C=O) groups is 1. The van der Waals surface area contributed by atoms with Gasteiger partial charge in [0.1, 0.15) is 5.82 Å². The van der Waals surface area contributed by atoms with Crippen molar-refractivity contribution < 1.29 is 4.79 Å². The number of carbonyl (C=O) groups excluding carboxylic acids is 1. The molecule has 0 bridgehead atoms. The molecule has 0 radical (unpaired) electrons. The van der Waals surface area contributed by atoms with Crippen LogP contribution < -0.4 is 10.2 Å². The summed E-state index contributed by atoms with van der Waals surface area (Å²) in [6.07, 6.45) is 6.95. The van der Waals surface area contributed by atoms with E-state index in [2.05, 4.69) is 27.3 Å². The summed E-state index contributed by atoms with van der Waals surface area (Å²) in [5.74, 6) is 1.20. The van der Waals surface area contributed by atoms with Crippen molar-refractivity contribution in [3.8, 4) is 0 Å². The number of pyridine rings is 1. The second kappa shape index (κ2) is 7.09. The second-order valence-corrected chi connectivity index (χ2v) is 6.35. The van der Waals surface area contributed by atoms with Crippen molar-refractivity contribution in [2.24, 2.45) is 0 Å². The van der Waals surface area contributed by atoms with Crippen molar-refractivity contribution in [1.29, 1.82) is 0 Å². The fourth-order valence-corrected chi connectivity index (χ4v) is 3.35. The lowest BCUT2D eigenvalue weighted by molar-refractivity contribution is -0.129. The summed E-state index contributed by atoms with van der Waals surface area (Å²) in [5.41, 5.74) is 1.32. The number of anilines is 1. The van der Waals surface area contributed by atoms with E-state index in [1.54, 1.807) is 6.92 Å². The zero-order valence-electron chi connectivity index (χ0n) is 13.4. The number of amides is 1. The molecule has 3 heterocycles. The number of rotatable bonds is 4. The normalized spacial score (nSPS) is 22.1. The van der Waals surface area contributed by atoms with Crippen molar-refractivity contribution in [1.82, 2.24) is 15.2 Å². The predicted octanol–water partition coefficient (Wildman–Crippen LogP) is 1.43. The Kier molecular flexibility index (Phi) is 4.93. The highest BCUT2D eigenvalue weighted by atomic mass is 16.2. The van der Waals surface area contributed by atoms with Crippen LogP contribution in [-0.4, -0.2) is 54.6 Å². The quantitative estimate of drug-likeness (QED) is 0.914. The number of hydrogen-bond donors (Lipinski definition) is 1. The average Bonchev–Trinajstić information content (AvgIpc) is 3.07. The van der Waals surface area contributed by atoms with Gasteiger partial charge in [0.15, 0.2) is 0 Å². The Bertz CT molecular complexity index is 488. The highest BCUT2D eigenvalue weighted by Crippen LogP contribution is 2.16. The highest BCUT2D eigenvalue weighted by molar-refractivity contribution is 5.73. The Morgan fingerprint density at radius 3 is 2.73 bits per heavy atom. The minimum atomic E-state index is 0.170. The highest BCUT2D eigenvalue weighted by Gasteiger charge is 2.19. The van der Waals surface area contributed by atoms with Crippen molar-refractivity contribution in [3.05, 3.63) is 23.9 Å². The van der Waals surface area contributed by atoms with Gasteiger partial charge in [0, 0.05) is 45.3 Å². The fraction of sp³-hybridized carbons (Fsp3) is 0.647. The van der Waals surface area contributed by atoms with E-state index in [1.165, 1.54) is 31.4 Å². The molecule has 1 aromatic heterocycles. The van der Waals surface area contributed by atoms with Crippen molar-refractivity contribution in [2.75, 3.05) is 37.6 Å². The number of nitrogens with one attached hydrogen (secondary N) is 1. The monoisotopic (exact) mass is 302 g/mol. The van der Waals surface area contributed by atoms with Gasteiger partial charge < -0.3 is 15.1 Å². The molecule has 120 valence electrons. The Morgan fingerprint density at radius 1 is 1.32 bits per heavy atom. The van der Waals surface area contributed by atoms with E-state index in [9.17, 15) is 4.79 Å². The number of hydrogen-bond acceptors (Lipinski definition) is 4. The van der Waals surface area contributed by atoms with E-state index in [1.807, 2.05) is 11.1 Å². The summed E-state index contributed by atoms with van der Waals surface area (Å²) in [5, 5.41) is 3.54. The first kappa shape index (κ1) is 15.3. The van der Waals surface area contributed by atoms with Gasteiger partial charge in [0.05, 0.1) is 0 Å². The zero-order chi connectivity index (χ0) is 15.4. The van der Waals surface area contributed by atoms with Crippen LogP contribution >= 0.6 is 0 Å². The van der Waals surface area contributed by atoms with Crippen LogP contribution in [0.15, 0.2) is 18.3 Å². The molecular formula is C17H26N4O. The molecule has 2 aliphatic heterocycles.